The molecule has 0 spiro atoms. The molecule has 142 valence electrons. The first kappa shape index (κ1) is 17.9. The predicted octanol–water partition coefficient (Wildman–Crippen LogP) is 6.13. The molecule has 29 heavy (non-hydrogen) atoms. The van der Waals surface area contributed by atoms with Gasteiger partial charge in [-0.3, -0.25) is 0 Å². The van der Waals surface area contributed by atoms with Gasteiger partial charge in [-0.2, -0.15) is 0 Å². The van der Waals surface area contributed by atoms with Gasteiger partial charge in [-0.05, 0) is 41.8 Å². The summed E-state index contributed by atoms with van der Waals surface area (Å²) >= 11 is 6.07. The van der Waals surface area contributed by atoms with E-state index in [0.29, 0.717) is 5.02 Å². The zero-order chi connectivity index (χ0) is 19.8. The number of aliphatic hydroxyl groups is 1. The lowest BCUT2D eigenvalue weighted by Gasteiger charge is -2.20. The van der Waals surface area contributed by atoms with Gasteiger partial charge in [0.25, 0.3) is 0 Å². The predicted molar refractivity (Wildman–Crippen MR) is 120 cm³/mol. The topological polar surface area (TPSA) is 45.1 Å². The molecule has 0 radical (unpaired) electrons. The van der Waals surface area contributed by atoms with Gasteiger partial charge in [-0.25, -0.2) is 4.98 Å². The van der Waals surface area contributed by atoms with Crippen LogP contribution in [-0.4, -0.2) is 10.1 Å². The first-order chi connectivity index (χ1) is 14.2. The highest BCUT2D eigenvalue weighted by Gasteiger charge is 2.19. The van der Waals surface area contributed by atoms with Gasteiger partial charge in [-0.1, -0.05) is 72.3 Å². The number of allylic oxidation sites excluding steroid dienone is 2. The fraction of sp³-hybridized carbons (Fsp3) is 0.0800. The number of benzene rings is 3. The van der Waals surface area contributed by atoms with E-state index in [1.54, 1.807) is 0 Å². The molecule has 1 aliphatic rings. The lowest BCUT2D eigenvalue weighted by molar-refractivity contribution is 0.210. The molecule has 2 N–H and O–H groups in total. The summed E-state index contributed by atoms with van der Waals surface area (Å²) in [7, 11) is 0. The van der Waals surface area contributed by atoms with E-state index in [1.165, 1.54) is 0 Å². The van der Waals surface area contributed by atoms with Crippen molar-refractivity contribution in [2.24, 2.45) is 0 Å². The molecular weight excluding hydrogens is 380 g/mol. The molecule has 1 atom stereocenters. The van der Waals surface area contributed by atoms with E-state index < -0.39 is 6.10 Å². The van der Waals surface area contributed by atoms with Crippen molar-refractivity contribution in [1.29, 1.82) is 0 Å². The van der Waals surface area contributed by atoms with Crippen molar-refractivity contribution in [3.63, 3.8) is 0 Å². The van der Waals surface area contributed by atoms with Crippen LogP contribution in [0.5, 0.6) is 0 Å². The zero-order valence-corrected chi connectivity index (χ0v) is 16.4. The molecule has 0 amide bonds. The Hall–Kier alpha value is -3.14. The van der Waals surface area contributed by atoms with Gasteiger partial charge in [-0.15, -0.1) is 0 Å². The van der Waals surface area contributed by atoms with Crippen LogP contribution >= 0.6 is 11.6 Å². The zero-order valence-electron chi connectivity index (χ0n) is 15.6. The monoisotopic (exact) mass is 398 g/mol. The van der Waals surface area contributed by atoms with Gasteiger partial charge >= 0.3 is 0 Å². The van der Waals surface area contributed by atoms with Crippen molar-refractivity contribution < 1.29 is 5.11 Å². The van der Waals surface area contributed by atoms with Crippen LogP contribution in [0.25, 0.3) is 32.9 Å². The number of hydrogen-bond donors (Lipinski definition) is 2. The Balaban J connectivity index is 1.78. The molecule has 3 aromatic carbocycles. The fourth-order valence-corrected chi connectivity index (χ4v) is 3.94. The fourth-order valence-electron chi connectivity index (χ4n) is 3.82. The minimum Gasteiger partial charge on any atom is -0.382 e. The van der Waals surface area contributed by atoms with Gasteiger partial charge in [0.2, 0.25) is 0 Å². The van der Waals surface area contributed by atoms with Crippen LogP contribution < -0.4 is 5.32 Å². The van der Waals surface area contributed by atoms with Crippen LogP contribution in [-0.2, 0) is 0 Å². The molecular formula is C25H19ClN2O. The first-order valence-electron chi connectivity index (χ1n) is 9.59. The first-order valence-corrected chi connectivity index (χ1v) is 9.96. The van der Waals surface area contributed by atoms with Crippen molar-refractivity contribution >= 4 is 33.3 Å². The van der Waals surface area contributed by atoms with E-state index in [-0.39, 0.29) is 0 Å². The molecule has 5 rings (SSSR count). The van der Waals surface area contributed by atoms with Crippen LogP contribution in [0.15, 0.2) is 90.8 Å². The van der Waals surface area contributed by atoms with Crippen LogP contribution in [0.2, 0.25) is 5.02 Å². The van der Waals surface area contributed by atoms with Crippen LogP contribution in [0.4, 0.5) is 0 Å². The average Bonchev–Trinajstić information content (AvgIpc) is 2.79. The summed E-state index contributed by atoms with van der Waals surface area (Å²) < 4.78 is 0. The molecule has 2 heterocycles. The van der Waals surface area contributed by atoms with Gasteiger partial charge in [0.15, 0.2) is 0 Å². The lowest BCUT2D eigenvalue weighted by Crippen LogP contribution is -2.16. The quantitative estimate of drug-likeness (QED) is 0.408. The van der Waals surface area contributed by atoms with Gasteiger partial charge in [0, 0.05) is 27.1 Å². The van der Waals surface area contributed by atoms with Crippen molar-refractivity contribution in [1.82, 2.24) is 10.3 Å². The molecule has 1 unspecified atom stereocenters. The molecule has 4 heteroatoms. The number of rotatable bonds is 3. The molecule has 1 aromatic heterocycles. The minimum absolute atomic E-state index is 0.684. The molecule has 0 saturated heterocycles. The van der Waals surface area contributed by atoms with Crippen LogP contribution in [0.3, 0.4) is 0 Å². The van der Waals surface area contributed by atoms with E-state index in [0.717, 1.165) is 50.6 Å². The summed E-state index contributed by atoms with van der Waals surface area (Å²) in [5.74, 6) is 0. The SMILES string of the molecule is OC(C1=CCC=CN1)c1cc(-c2ccc(Cl)cc2)nc2c1ccc1ccccc12. The van der Waals surface area contributed by atoms with Crippen LogP contribution in [0.1, 0.15) is 18.1 Å². The number of halogens is 1. The standard InChI is InChI=1S/C25H19ClN2O/c26-18-11-8-17(9-12-18)23-15-21(25(29)22-7-3-4-14-27-22)20-13-10-16-5-1-2-6-19(16)24(20)28-23/h1-2,4-15,25,27,29H,3H2. The summed E-state index contributed by atoms with van der Waals surface area (Å²) in [5, 5.41) is 18.2. The number of nitrogens with zero attached hydrogens (tertiary/aromatic N) is 1. The third-order valence-corrected chi connectivity index (χ3v) is 5.56. The second-order valence-electron chi connectivity index (χ2n) is 7.13. The molecule has 1 aliphatic heterocycles. The van der Waals surface area contributed by atoms with E-state index in [4.69, 9.17) is 16.6 Å². The summed E-state index contributed by atoms with van der Waals surface area (Å²) in [4.78, 5) is 4.98. The molecule has 0 aliphatic carbocycles. The highest BCUT2D eigenvalue weighted by molar-refractivity contribution is 6.30. The summed E-state index contributed by atoms with van der Waals surface area (Å²) in [6.07, 6.45) is 5.94. The number of aromatic nitrogens is 1. The second-order valence-corrected chi connectivity index (χ2v) is 7.57. The maximum absolute atomic E-state index is 11.2. The number of pyridine rings is 1. The smallest absolute Gasteiger partial charge is 0.119 e. The number of fused-ring (bicyclic) bond motifs is 3. The average molecular weight is 399 g/mol. The van der Waals surface area contributed by atoms with Crippen molar-refractivity contribution in [3.05, 3.63) is 101 Å². The molecule has 3 nitrogen and oxygen atoms in total. The van der Waals surface area contributed by atoms with Gasteiger partial charge < -0.3 is 10.4 Å². The number of aliphatic hydroxyl groups excluding tert-OH is 1. The third-order valence-electron chi connectivity index (χ3n) is 5.31. The van der Waals surface area contributed by atoms with E-state index in [9.17, 15) is 5.11 Å². The van der Waals surface area contributed by atoms with E-state index >= 15 is 0 Å². The Morgan fingerprint density at radius 1 is 0.966 bits per heavy atom. The minimum atomic E-state index is -0.766. The van der Waals surface area contributed by atoms with Crippen LogP contribution in [0, 0.1) is 0 Å². The van der Waals surface area contributed by atoms with Crippen molar-refractivity contribution in [3.8, 4) is 11.3 Å². The maximum atomic E-state index is 11.2. The molecule has 0 fully saturated rings. The number of dihydropyridines is 1. The lowest BCUT2D eigenvalue weighted by atomic mass is 9.95. The molecule has 4 aromatic rings. The summed E-state index contributed by atoms with van der Waals surface area (Å²) in [6.45, 7) is 0. The Bertz CT molecular complexity index is 1280. The molecule has 0 saturated carbocycles. The number of hydrogen-bond acceptors (Lipinski definition) is 3. The summed E-state index contributed by atoms with van der Waals surface area (Å²) in [6, 6.07) is 21.9. The van der Waals surface area contributed by atoms with Crippen molar-refractivity contribution in [2.45, 2.75) is 12.5 Å². The Labute approximate surface area is 174 Å². The largest absolute Gasteiger partial charge is 0.382 e. The van der Waals surface area contributed by atoms with Gasteiger partial charge in [0.1, 0.15) is 6.10 Å². The maximum Gasteiger partial charge on any atom is 0.119 e. The van der Waals surface area contributed by atoms with Gasteiger partial charge in [0.05, 0.1) is 11.2 Å². The van der Waals surface area contributed by atoms with E-state index in [1.807, 2.05) is 66.9 Å². The highest BCUT2D eigenvalue weighted by atomic mass is 35.5. The van der Waals surface area contributed by atoms with E-state index in [2.05, 4.69) is 23.5 Å². The summed E-state index contributed by atoms with van der Waals surface area (Å²) in [5.41, 5.74) is 4.28. The Kier molecular flexibility index (Phi) is 4.55. The highest BCUT2D eigenvalue weighted by Crippen LogP contribution is 2.35. The Morgan fingerprint density at radius 3 is 2.59 bits per heavy atom. The van der Waals surface area contributed by atoms with Crippen molar-refractivity contribution in [2.75, 3.05) is 0 Å². The number of nitrogens with one attached hydrogen (secondary N) is 1. The molecule has 0 bridgehead atoms. The second kappa shape index (κ2) is 7.36. The Morgan fingerprint density at radius 2 is 1.79 bits per heavy atom. The third kappa shape index (κ3) is 3.29. The normalized spacial score (nSPS) is 14.6.